The Balaban J connectivity index is 1.59. The van der Waals surface area contributed by atoms with E-state index in [1.54, 1.807) is 0 Å². The third-order valence-corrected chi connectivity index (χ3v) is 5.25. The zero-order chi connectivity index (χ0) is 19.9. The Morgan fingerprint density at radius 3 is 2.43 bits per heavy atom. The average Bonchev–Trinajstić information content (AvgIpc) is 3.09. The predicted octanol–water partition coefficient (Wildman–Crippen LogP) is 4.94. The normalized spacial score (nSPS) is 11.0. The predicted molar refractivity (Wildman–Crippen MR) is 113 cm³/mol. The number of nitrogens with zero attached hydrogens (tertiary/aromatic N) is 1. The van der Waals surface area contributed by atoms with Crippen molar-refractivity contribution in [3.8, 4) is 0 Å². The summed E-state index contributed by atoms with van der Waals surface area (Å²) in [7, 11) is 0. The summed E-state index contributed by atoms with van der Waals surface area (Å²) in [6.07, 6.45) is 0. The lowest BCUT2D eigenvalue weighted by Crippen LogP contribution is -2.24. The topological polar surface area (TPSA) is 67.0 Å². The molecule has 1 aromatic heterocycles. The molecule has 0 spiro atoms. The van der Waals surface area contributed by atoms with Crippen LogP contribution in [0.15, 0.2) is 59.1 Å². The van der Waals surface area contributed by atoms with Crippen molar-refractivity contribution in [2.24, 2.45) is 0 Å². The van der Waals surface area contributed by atoms with E-state index in [4.69, 9.17) is 4.74 Å². The summed E-state index contributed by atoms with van der Waals surface area (Å²) < 4.78 is 6.57. The minimum absolute atomic E-state index is 0.213. The number of rotatable bonds is 8. The van der Waals surface area contributed by atoms with E-state index in [0.29, 0.717) is 25.5 Å². The molecule has 0 fully saturated rings. The van der Waals surface area contributed by atoms with Gasteiger partial charge in [-0.05, 0) is 38.5 Å². The third kappa shape index (κ3) is 5.09. The molecule has 0 saturated heterocycles. The molecule has 0 unspecified atom stereocenters. The molecule has 28 heavy (non-hydrogen) atoms. The lowest BCUT2D eigenvalue weighted by molar-refractivity contribution is 0.0942. The highest BCUT2D eigenvalue weighted by Gasteiger charge is 2.19. The molecule has 1 heterocycles. The van der Waals surface area contributed by atoms with Crippen LogP contribution in [-0.4, -0.2) is 16.1 Å². The molecule has 0 atom stereocenters. The molecule has 0 saturated carbocycles. The number of aromatic amines is 1. The number of ether oxygens (including phenoxy) is 1. The van der Waals surface area contributed by atoms with Crippen LogP contribution >= 0.6 is 15.9 Å². The van der Waals surface area contributed by atoms with Crippen LogP contribution in [0.5, 0.6) is 0 Å². The second-order valence-corrected chi connectivity index (χ2v) is 7.68. The molecule has 0 aliphatic carbocycles. The van der Waals surface area contributed by atoms with Crippen LogP contribution in [0.3, 0.4) is 0 Å². The summed E-state index contributed by atoms with van der Waals surface area (Å²) in [5.41, 5.74) is 4.52. The van der Waals surface area contributed by atoms with E-state index < -0.39 is 0 Å². The molecule has 0 bridgehead atoms. The van der Waals surface area contributed by atoms with Crippen LogP contribution in [0.25, 0.3) is 0 Å². The summed E-state index contributed by atoms with van der Waals surface area (Å²) in [6, 6.07) is 18.0. The number of benzene rings is 2. The Morgan fingerprint density at radius 2 is 1.75 bits per heavy atom. The van der Waals surface area contributed by atoms with Crippen molar-refractivity contribution in [1.82, 2.24) is 15.5 Å². The van der Waals surface area contributed by atoms with E-state index >= 15 is 0 Å². The van der Waals surface area contributed by atoms with Crippen LogP contribution < -0.4 is 5.32 Å². The van der Waals surface area contributed by atoms with Crippen molar-refractivity contribution < 1.29 is 9.53 Å². The first-order valence-corrected chi connectivity index (χ1v) is 10.1. The van der Waals surface area contributed by atoms with Gasteiger partial charge in [0.05, 0.1) is 23.4 Å². The number of aromatic nitrogens is 2. The van der Waals surface area contributed by atoms with Gasteiger partial charge in [0.25, 0.3) is 5.91 Å². The first-order valence-electron chi connectivity index (χ1n) is 9.26. The van der Waals surface area contributed by atoms with E-state index in [9.17, 15) is 4.79 Å². The largest absolute Gasteiger partial charge is 0.372 e. The zero-order valence-corrected chi connectivity index (χ0v) is 17.6. The van der Waals surface area contributed by atoms with Crippen molar-refractivity contribution in [3.05, 3.63) is 87.1 Å². The fraction of sp³-hybridized carbons (Fsp3) is 0.273. The van der Waals surface area contributed by atoms with Crippen LogP contribution in [0, 0.1) is 0 Å². The van der Waals surface area contributed by atoms with E-state index in [-0.39, 0.29) is 11.8 Å². The molecule has 0 radical (unpaired) electrons. The first-order chi connectivity index (χ1) is 13.6. The molecular formula is C22H24BrN3O2. The summed E-state index contributed by atoms with van der Waals surface area (Å²) in [5, 5.41) is 10.0. The molecule has 146 valence electrons. The maximum atomic E-state index is 12.5. The molecule has 1 amide bonds. The van der Waals surface area contributed by atoms with Gasteiger partial charge in [0, 0.05) is 6.54 Å². The Labute approximate surface area is 173 Å². The number of hydrogen-bond acceptors (Lipinski definition) is 3. The number of carbonyl (C=O) groups is 1. The SMILES string of the molecule is CC(C)c1[nH]nc(C(=O)NCc2ccccc2COCc2ccccc2)c1Br. The maximum Gasteiger partial charge on any atom is 0.273 e. The zero-order valence-electron chi connectivity index (χ0n) is 16.0. The highest BCUT2D eigenvalue weighted by molar-refractivity contribution is 9.10. The Bertz CT molecular complexity index is 923. The number of carbonyl (C=O) groups excluding carboxylic acids is 1. The summed E-state index contributed by atoms with van der Waals surface area (Å²) in [5.74, 6) is 0.0425. The van der Waals surface area contributed by atoms with Gasteiger partial charge in [0.2, 0.25) is 0 Å². The van der Waals surface area contributed by atoms with Gasteiger partial charge < -0.3 is 10.1 Å². The van der Waals surface area contributed by atoms with Gasteiger partial charge in [-0.3, -0.25) is 9.89 Å². The molecule has 0 aliphatic heterocycles. The molecule has 5 nitrogen and oxygen atoms in total. The smallest absolute Gasteiger partial charge is 0.273 e. The minimum atomic E-state index is -0.213. The third-order valence-electron chi connectivity index (χ3n) is 4.45. The monoisotopic (exact) mass is 441 g/mol. The molecule has 0 aliphatic rings. The van der Waals surface area contributed by atoms with Gasteiger partial charge >= 0.3 is 0 Å². The van der Waals surface area contributed by atoms with Crippen LogP contribution in [-0.2, 0) is 24.5 Å². The standard InChI is InChI=1S/C22H24BrN3O2/c1-15(2)20-19(23)21(26-25-20)22(27)24-12-17-10-6-7-11-18(17)14-28-13-16-8-4-3-5-9-16/h3-11,15H,12-14H2,1-2H3,(H,24,27)(H,25,26). The van der Waals surface area contributed by atoms with Gasteiger partial charge in [0.15, 0.2) is 5.69 Å². The first kappa shape index (κ1) is 20.3. The van der Waals surface area contributed by atoms with Gasteiger partial charge in [0.1, 0.15) is 0 Å². The molecule has 2 aromatic carbocycles. The average molecular weight is 442 g/mol. The highest BCUT2D eigenvalue weighted by Crippen LogP contribution is 2.25. The second-order valence-electron chi connectivity index (χ2n) is 6.88. The van der Waals surface area contributed by atoms with Crippen molar-refractivity contribution in [2.75, 3.05) is 0 Å². The highest BCUT2D eigenvalue weighted by atomic mass is 79.9. The molecule has 3 rings (SSSR count). The number of nitrogens with one attached hydrogen (secondary N) is 2. The van der Waals surface area contributed by atoms with E-state index in [2.05, 4.69) is 31.4 Å². The second kappa shape index (κ2) is 9.66. The number of hydrogen-bond donors (Lipinski definition) is 2. The van der Waals surface area contributed by atoms with Crippen LogP contribution in [0.1, 0.15) is 52.6 Å². The van der Waals surface area contributed by atoms with Gasteiger partial charge in [-0.25, -0.2) is 0 Å². The summed E-state index contributed by atoms with van der Waals surface area (Å²) >= 11 is 3.47. The van der Waals surface area contributed by atoms with Gasteiger partial charge in [-0.1, -0.05) is 68.4 Å². The lowest BCUT2D eigenvalue weighted by Gasteiger charge is -2.11. The van der Waals surface area contributed by atoms with Gasteiger partial charge in [-0.15, -0.1) is 0 Å². The Hall–Kier alpha value is -2.44. The fourth-order valence-electron chi connectivity index (χ4n) is 2.86. The van der Waals surface area contributed by atoms with E-state index in [1.807, 2.05) is 68.4 Å². The van der Waals surface area contributed by atoms with Crippen LogP contribution in [0.4, 0.5) is 0 Å². The summed E-state index contributed by atoms with van der Waals surface area (Å²) in [6.45, 7) is 5.56. The van der Waals surface area contributed by atoms with E-state index in [1.165, 1.54) is 0 Å². The van der Waals surface area contributed by atoms with Crippen molar-refractivity contribution in [1.29, 1.82) is 0 Å². The minimum Gasteiger partial charge on any atom is -0.372 e. The van der Waals surface area contributed by atoms with E-state index in [0.717, 1.165) is 26.9 Å². The Kier molecular flexibility index (Phi) is 7.01. The quantitative estimate of drug-likeness (QED) is 0.519. The van der Waals surface area contributed by atoms with Crippen molar-refractivity contribution >= 4 is 21.8 Å². The Morgan fingerprint density at radius 1 is 1.07 bits per heavy atom. The maximum absolute atomic E-state index is 12.5. The molecule has 6 heteroatoms. The molecule has 2 N–H and O–H groups in total. The van der Waals surface area contributed by atoms with Crippen LogP contribution in [0.2, 0.25) is 0 Å². The summed E-state index contributed by atoms with van der Waals surface area (Å²) in [4.78, 5) is 12.5. The van der Waals surface area contributed by atoms with Crippen molar-refractivity contribution in [2.45, 2.75) is 39.5 Å². The number of amides is 1. The molecule has 3 aromatic rings. The van der Waals surface area contributed by atoms with Gasteiger partial charge in [-0.2, -0.15) is 5.10 Å². The molecular weight excluding hydrogens is 418 g/mol. The lowest BCUT2D eigenvalue weighted by atomic mass is 10.1. The van der Waals surface area contributed by atoms with Crippen molar-refractivity contribution in [3.63, 3.8) is 0 Å². The number of H-pyrrole nitrogens is 1. The number of halogens is 1. The fourth-order valence-corrected chi connectivity index (χ4v) is 3.67.